The Morgan fingerprint density at radius 2 is 0.909 bits per heavy atom. The van der Waals surface area contributed by atoms with E-state index in [-0.39, 0.29) is 0 Å². The number of hydrogen-bond donors (Lipinski definition) is 0. The largest absolute Gasteiger partial charge is 0.455 e. The van der Waals surface area contributed by atoms with Gasteiger partial charge in [0.15, 0.2) is 0 Å². The summed E-state index contributed by atoms with van der Waals surface area (Å²) in [5, 5.41) is 7.11. The SMILES string of the molecule is c1ccc(N(c2ccc(-c3cccc4c3oc3c(-c5ccc6c(c5)c5ccccc5n6-c5ccccc5)cccc34)cc2)c2cccc3ccccc23)cc1. The quantitative estimate of drug-likeness (QED) is 0.172. The third-order valence-electron chi connectivity index (χ3n) is 11.0. The fraction of sp³-hybridized carbons (Fsp3) is 0. The Labute approximate surface area is 318 Å². The zero-order chi connectivity index (χ0) is 36.3. The molecule has 0 bridgehead atoms. The van der Waals surface area contributed by atoms with Gasteiger partial charge >= 0.3 is 0 Å². The molecule has 0 amide bonds. The van der Waals surface area contributed by atoms with Crippen LogP contribution in [0.2, 0.25) is 0 Å². The van der Waals surface area contributed by atoms with Gasteiger partial charge in [0.2, 0.25) is 0 Å². The summed E-state index contributed by atoms with van der Waals surface area (Å²) in [5.74, 6) is 0. The van der Waals surface area contributed by atoms with E-state index in [1.807, 2.05) is 0 Å². The molecule has 3 heteroatoms. The molecule has 0 saturated heterocycles. The Morgan fingerprint density at radius 1 is 0.364 bits per heavy atom. The summed E-state index contributed by atoms with van der Waals surface area (Å²) in [7, 11) is 0. The van der Waals surface area contributed by atoms with Crippen LogP contribution >= 0.6 is 0 Å². The first-order valence-electron chi connectivity index (χ1n) is 18.8. The molecule has 11 rings (SSSR count). The van der Waals surface area contributed by atoms with Gasteiger partial charge < -0.3 is 13.9 Å². The smallest absolute Gasteiger partial charge is 0.143 e. The molecule has 2 heterocycles. The number of para-hydroxylation sites is 5. The summed E-state index contributed by atoms with van der Waals surface area (Å²) in [4.78, 5) is 2.34. The molecule has 0 spiro atoms. The number of furan rings is 1. The normalized spacial score (nSPS) is 11.6. The van der Waals surface area contributed by atoms with Gasteiger partial charge in [0.25, 0.3) is 0 Å². The number of rotatable bonds is 6. The highest BCUT2D eigenvalue weighted by Crippen LogP contribution is 2.43. The summed E-state index contributed by atoms with van der Waals surface area (Å²) in [6.07, 6.45) is 0. The number of fused-ring (bicyclic) bond motifs is 7. The van der Waals surface area contributed by atoms with Gasteiger partial charge in [-0.1, -0.05) is 146 Å². The number of benzene rings is 9. The third-order valence-corrected chi connectivity index (χ3v) is 11.0. The fourth-order valence-electron chi connectivity index (χ4n) is 8.47. The van der Waals surface area contributed by atoms with Crippen molar-refractivity contribution in [2.75, 3.05) is 4.90 Å². The summed E-state index contributed by atoms with van der Waals surface area (Å²) in [6, 6.07) is 73.7. The summed E-state index contributed by atoms with van der Waals surface area (Å²) in [6.45, 7) is 0. The molecule has 2 aromatic heterocycles. The lowest BCUT2D eigenvalue weighted by Crippen LogP contribution is -2.10. The highest BCUT2D eigenvalue weighted by molar-refractivity contribution is 6.15. The van der Waals surface area contributed by atoms with E-state index in [2.05, 4.69) is 216 Å². The molecule has 0 radical (unpaired) electrons. The van der Waals surface area contributed by atoms with Crippen molar-refractivity contribution < 1.29 is 4.42 Å². The van der Waals surface area contributed by atoms with Crippen LogP contribution in [0.4, 0.5) is 17.1 Å². The van der Waals surface area contributed by atoms with Gasteiger partial charge in [-0.3, -0.25) is 0 Å². The lowest BCUT2D eigenvalue weighted by Gasteiger charge is -2.27. The van der Waals surface area contributed by atoms with Crippen molar-refractivity contribution in [1.82, 2.24) is 4.57 Å². The summed E-state index contributed by atoms with van der Waals surface area (Å²) < 4.78 is 9.30. The second-order valence-electron chi connectivity index (χ2n) is 14.1. The molecule has 0 aliphatic heterocycles. The van der Waals surface area contributed by atoms with Gasteiger partial charge in [-0.05, 0) is 77.2 Å². The Bertz CT molecular complexity index is 3190. The van der Waals surface area contributed by atoms with Crippen LogP contribution < -0.4 is 4.90 Å². The van der Waals surface area contributed by atoms with Crippen LogP contribution in [-0.2, 0) is 0 Å². The predicted octanol–water partition coefficient (Wildman–Crippen LogP) is 14.6. The van der Waals surface area contributed by atoms with Crippen LogP contribution in [0.25, 0.3) is 82.5 Å². The first-order chi connectivity index (χ1) is 27.3. The van der Waals surface area contributed by atoms with Crippen molar-refractivity contribution in [3.05, 3.63) is 206 Å². The van der Waals surface area contributed by atoms with Gasteiger partial charge in [-0.15, -0.1) is 0 Å². The third kappa shape index (κ3) is 5.05. The van der Waals surface area contributed by atoms with Crippen LogP contribution in [0.3, 0.4) is 0 Å². The zero-order valence-electron chi connectivity index (χ0n) is 29.9. The maximum atomic E-state index is 6.95. The van der Waals surface area contributed by atoms with E-state index in [9.17, 15) is 0 Å². The molecule has 11 aromatic rings. The Hall–Kier alpha value is -7.36. The molecule has 0 aliphatic carbocycles. The average molecular weight is 703 g/mol. The fourth-order valence-corrected chi connectivity index (χ4v) is 8.47. The van der Waals surface area contributed by atoms with Gasteiger partial charge in [-0.25, -0.2) is 0 Å². The molecule has 55 heavy (non-hydrogen) atoms. The number of hydrogen-bond acceptors (Lipinski definition) is 2. The first kappa shape index (κ1) is 31.2. The minimum absolute atomic E-state index is 0.897. The van der Waals surface area contributed by atoms with E-state index in [0.717, 1.165) is 66.9 Å². The minimum Gasteiger partial charge on any atom is -0.455 e. The van der Waals surface area contributed by atoms with Crippen molar-refractivity contribution in [3.63, 3.8) is 0 Å². The second-order valence-corrected chi connectivity index (χ2v) is 14.1. The highest BCUT2D eigenvalue weighted by Gasteiger charge is 2.19. The Balaban J connectivity index is 1.03. The molecule has 0 aliphatic rings. The van der Waals surface area contributed by atoms with E-state index in [1.165, 1.54) is 32.6 Å². The van der Waals surface area contributed by atoms with Crippen LogP contribution in [0, 0.1) is 0 Å². The Morgan fingerprint density at radius 3 is 1.67 bits per heavy atom. The van der Waals surface area contributed by atoms with Crippen molar-refractivity contribution >= 4 is 71.6 Å². The topological polar surface area (TPSA) is 21.3 Å². The molecule has 0 saturated carbocycles. The lowest BCUT2D eigenvalue weighted by molar-refractivity contribution is 0.671. The van der Waals surface area contributed by atoms with Crippen LogP contribution in [0.15, 0.2) is 211 Å². The summed E-state index contributed by atoms with van der Waals surface area (Å²) >= 11 is 0. The van der Waals surface area contributed by atoms with E-state index in [1.54, 1.807) is 0 Å². The van der Waals surface area contributed by atoms with Crippen molar-refractivity contribution in [3.8, 4) is 27.9 Å². The van der Waals surface area contributed by atoms with E-state index in [0.29, 0.717) is 0 Å². The van der Waals surface area contributed by atoms with Crippen molar-refractivity contribution in [1.29, 1.82) is 0 Å². The predicted molar refractivity (Wildman–Crippen MR) is 231 cm³/mol. The van der Waals surface area contributed by atoms with Gasteiger partial charge in [0, 0.05) is 55.1 Å². The molecule has 3 nitrogen and oxygen atoms in total. The zero-order valence-corrected chi connectivity index (χ0v) is 29.9. The van der Waals surface area contributed by atoms with E-state index in [4.69, 9.17) is 4.42 Å². The molecular weight excluding hydrogens is 669 g/mol. The molecule has 9 aromatic carbocycles. The molecule has 0 atom stereocenters. The monoisotopic (exact) mass is 702 g/mol. The van der Waals surface area contributed by atoms with E-state index >= 15 is 0 Å². The first-order valence-corrected chi connectivity index (χ1v) is 18.8. The van der Waals surface area contributed by atoms with Crippen LogP contribution in [-0.4, -0.2) is 4.57 Å². The standard InChI is InChI=1S/C52H34N2O/c1-3-16-38(17-4-1)53(48-27-11-15-35-14-7-8-20-41(35)48)40-31-28-36(29-32-40)42-22-12-24-45-46-25-13-23-43(52(46)55-51(42)45)37-30-33-50-47(34-37)44-21-9-10-26-49(44)54(50)39-18-5-2-6-19-39/h1-34H. The van der Waals surface area contributed by atoms with Gasteiger partial charge in [0.1, 0.15) is 11.2 Å². The minimum atomic E-state index is 0.897. The highest BCUT2D eigenvalue weighted by atomic mass is 16.3. The Kier molecular flexibility index (Phi) is 7.17. The second kappa shape index (κ2) is 12.6. The lowest BCUT2D eigenvalue weighted by atomic mass is 9.99. The van der Waals surface area contributed by atoms with Crippen LogP contribution in [0.1, 0.15) is 0 Å². The van der Waals surface area contributed by atoms with Gasteiger partial charge in [-0.2, -0.15) is 0 Å². The average Bonchev–Trinajstić information content (AvgIpc) is 3.81. The van der Waals surface area contributed by atoms with Crippen molar-refractivity contribution in [2.45, 2.75) is 0 Å². The number of nitrogens with zero attached hydrogens (tertiary/aromatic N) is 2. The molecule has 0 unspecified atom stereocenters. The maximum Gasteiger partial charge on any atom is 0.143 e. The molecule has 0 fully saturated rings. The van der Waals surface area contributed by atoms with Gasteiger partial charge in [0.05, 0.1) is 16.7 Å². The number of anilines is 3. The molecular formula is C52H34N2O. The van der Waals surface area contributed by atoms with E-state index < -0.39 is 0 Å². The molecule has 0 N–H and O–H groups in total. The summed E-state index contributed by atoms with van der Waals surface area (Å²) in [5.41, 5.74) is 13.1. The maximum absolute atomic E-state index is 6.95. The molecule has 258 valence electrons. The number of aromatic nitrogens is 1. The van der Waals surface area contributed by atoms with Crippen LogP contribution in [0.5, 0.6) is 0 Å². The van der Waals surface area contributed by atoms with Crippen molar-refractivity contribution in [2.24, 2.45) is 0 Å².